The van der Waals surface area contributed by atoms with E-state index in [2.05, 4.69) is 10.5 Å². The van der Waals surface area contributed by atoms with Gasteiger partial charge in [-0.15, -0.1) is 0 Å². The highest BCUT2D eigenvalue weighted by molar-refractivity contribution is 7.89. The van der Waals surface area contributed by atoms with E-state index in [9.17, 15) is 23.3 Å². The molecule has 2 aromatic rings. The van der Waals surface area contributed by atoms with Crippen LogP contribution in [0.3, 0.4) is 0 Å². The predicted molar refractivity (Wildman–Crippen MR) is 107 cm³/mol. The molecule has 0 aromatic heterocycles. The quantitative estimate of drug-likeness (QED) is 0.380. The maximum Gasteiger partial charge on any atom is 0.335 e. The lowest BCUT2D eigenvalue weighted by atomic mass is 10.1. The van der Waals surface area contributed by atoms with Gasteiger partial charge in [-0.25, -0.2) is 13.2 Å². The minimum Gasteiger partial charge on any atom is -0.478 e. The fraction of sp³-hybridized carbons (Fsp3) is 0.222. The van der Waals surface area contributed by atoms with Gasteiger partial charge in [0, 0.05) is 19.2 Å². The molecule has 30 heavy (non-hydrogen) atoms. The molecule has 1 saturated heterocycles. The molecule has 1 aliphatic rings. The summed E-state index contributed by atoms with van der Waals surface area (Å²) in [5.74, 6) is -1.06. The first-order valence-corrected chi connectivity index (χ1v) is 10.2. The smallest absolute Gasteiger partial charge is 0.335 e. The van der Waals surface area contributed by atoms with Gasteiger partial charge in [-0.3, -0.25) is 15.5 Å². The fourth-order valence-corrected chi connectivity index (χ4v) is 4.17. The number of rotatable bonds is 7. The number of nitro benzene ring substituents is 1. The second kappa shape index (κ2) is 8.98. The van der Waals surface area contributed by atoms with Gasteiger partial charge in [-0.2, -0.15) is 9.41 Å². The number of morpholine rings is 1. The van der Waals surface area contributed by atoms with E-state index < -0.39 is 26.6 Å². The van der Waals surface area contributed by atoms with Crippen molar-refractivity contribution in [2.45, 2.75) is 4.90 Å². The number of carboxylic acids is 1. The molecule has 1 aliphatic heterocycles. The number of carboxylic acid groups (broad SMARTS) is 1. The van der Waals surface area contributed by atoms with Crippen LogP contribution < -0.4 is 5.43 Å². The molecular weight excluding hydrogens is 416 g/mol. The van der Waals surface area contributed by atoms with E-state index in [-0.39, 0.29) is 42.4 Å². The van der Waals surface area contributed by atoms with Crippen LogP contribution in [0.1, 0.15) is 15.9 Å². The summed E-state index contributed by atoms with van der Waals surface area (Å²) in [4.78, 5) is 21.4. The van der Waals surface area contributed by atoms with Crippen LogP contribution in [-0.4, -0.2) is 61.2 Å². The minimum absolute atomic E-state index is 0.0133. The van der Waals surface area contributed by atoms with Crippen molar-refractivity contribution in [2.75, 3.05) is 31.7 Å². The molecule has 0 radical (unpaired) electrons. The van der Waals surface area contributed by atoms with Gasteiger partial charge in [0.25, 0.3) is 5.69 Å². The molecule has 0 amide bonds. The Kier molecular flexibility index (Phi) is 6.40. The van der Waals surface area contributed by atoms with Crippen molar-refractivity contribution in [3.8, 4) is 0 Å². The Morgan fingerprint density at radius 2 is 1.87 bits per heavy atom. The van der Waals surface area contributed by atoms with Crippen LogP contribution in [0.25, 0.3) is 0 Å². The summed E-state index contributed by atoms with van der Waals surface area (Å²) in [7, 11) is -3.87. The van der Waals surface area contributed by atoms with E-state index in [4.69, 9.17) is 9.84 Å². The first-order chi connectivity index (χ1) is 14.3. The number of hydrazone groups is 1. The van der Waals surface area contributed by atoms with Crippen molar-refractivity contribution >= 4 is 33.6 Å². The highest BCUT2D eigenvalue weighted by Gasteiger charge is 2.28. The molecule has 0 unspecified atom stereocenters. The molecule has 12 heteroatoms. The number of carbonyl (C=O) groups is 1. The van der Waals surface area contributed by atoms with Crippen molar-refractivity contribution in [3.05, 3.63) is 63.7 Å². The lowest BCUT2D eigenvalue weighted by molar-refractivity contribution is -0.384. The van der Waals surface area contributed by atoms with Gasteiger partial charge in [-0.1, -0.05) is 12.1 Å². The number of nitrogens with one attached hydrogen (secondary N) is 1. The van der Waals surface area contributed by atoms with Crippen LogP contribution in [0, 0.1) is 10.1 Å². The van der Waals surface area contributed by atoms with Gasteiger partial charge >= 0.3 is 5.97 Å². The number of hydrogen-bond acceptors (Lipinski definition) is 8. The number of sulfonamides is 1. The molecule has 11 nitrogen and oxygen atoms in total. The molecule has 0 saturated carbocycles. The second-order valence-corrected chi connectivity index (χ2v) is 8.19. The van der Waals surface area contributed by atoms with Crippen LogP contribution in [-0.2, 0) is 14.8 Å². The average Bonchev–Trinajstić information content (AvgIpc) is 2.74. The van der Waals surface area contributed by atoms with Gasteiger partial charge in [0.1, 0.15) is 5.69 Å². The summed E-state index contributed by atoms with van der Waals surface area (Å²) in [6.45, 7) is 0.897. The third-order valence-electron chi connectivity index (χ3n) is 4.33. The van der Waals surface area contributed by atoms with Crippen molar-refractivity contribution in [1.29, 1.82) is 0 Å². The highest BCUT2D eigenvalue weighted by atomic mass is 32.2. The molecule has 2 aromatic carbocycles. The van der Waals surface area contributed by atoms with Gasteiger partial charge in [-0.05, 0) is 29.8 Å². The van der Waals surface area contributed by atoms with Gasteiger partial charge in [0.15, 0.2) is 0 Å². The zero-order valence-corrected chi connectivity index (χ0v) is 16.4. The van der Waals surface area contributed by atoms with Gasteiger partial charge in [0.2, 0.25) is 10.0 Å². The Hall–Kier alpha value is -3.35. The number of nitrogens with zero attached hydrogens (tertiary/aromatic N) is 3. The fourth-order valence-electron chi connectivity index (χ4n) is 2.74. The highest BCUT2D eigenvalue weighted by Crippen LogP contribution is 2.29. The molecule has 0 spiro atoms. The largest absolute Gasteiger partial charge is 0.478 e. The topological polar surface area (TPSA) is 151 Å². The Bertz CT molecular complexity index is 1080. The molecule has 1 heterocycles. The molecule has 3 rings (SSSR count). The second-order valence-electron chi connectivity index (χ2n) is 6.25. The average molecular weight is 434 g/mol. The van der Waals surface area contributed by atoms with E-state index in [1.54, 1.807) is 0 Å². The Morgan fingerprint density at radius 3 is 2.47 bits per heavy atom. The van der Waals surface area contributed by atoms with Crippen molar-refractivity contribution in [3.63, 3.8) is 0 Å². The SMILES string of the molecule is O=C(O)c1ccc(/C=N\Nc2ccc(S(=O)(=O)N3CCOCC3)cc2[N+](=O)[O-])cc1. The minimum atomic E-state index is -3.87. The number of ether oxygens (including phenoxy) is 1. The van der Waals surface area contributed by atoms with Crippen molar-refractivity contribution in [2.24, 2.45) is 5.10 Å². The zero-order chi connectivity index (χ0) is 21.7. The van der Waals surface area contributed by atoms with E-state index in [1.807, 2.05) is 0 Å². The standard InChI is InChI=1S/C18H18N4O7S/c23-18(24)14-3-1-13(2-4-14)12-19-20-16-6-5-15(11-17(16)22(25)26)30(27,28)21-7-9-29-10-8-21/h1-6,11-12,20H,7-10H2,(H,23,24)/b19-12-. The first kappa shape index (κ1) is 21.4. The van der Waals surface area contributed by atoms with E-state index in [0.29, 0.717) is 5.56 Å². The normalized spacial score (nSPS) is 15.2. The molecule has 0 aliphatic carbocycles. The maximum atomic E-state index is 12.7. The predicted octanol–water partition coefficient (Wildman–Crippen LogP) is 1.76. The lowest BCUT2D eigenvalue weighted by Crippen LogP contribution is -2.40. The number of anilines is 1. The monoisotopic (exact) mass is 434 g/mol. The lowest BCUT2D eigenvalue weighted by Gasteiger charge is -2.26. The third-order valence-corrected chi connectivity index (χ3v) is 6.22. The summed E-state index contributed by atoms with van der Waals surface area (Å²) in [6, 6.07) is 9.40. The van der Waals surface area contributed by atoms with Gasteiger partial charge < -0.3 is 9.84 Å². The van der Waals surface area contributed by atoms with Crippen LogP contribution in [0.2, 0.25) is 0 Å². The van der Waals surface area contributed by atoms with Crippen molar-refractivity contribution < 1.29 is 28.0 Å². The van der Waals surface area contributed by atoms with Crippen molar-refractivity contribution in [1.82, 2.24) is 4.31 Å². The number of hydrogen-bond donors (Lipinski definition) is 2. The van der Waals surface area contributed by atoms with Crippen LogP contribution >= 0.6 is 0 Å². The Balaban J connectivity index is 1.80. The summed E-state index contributed by atoms with van der Waals surface area (Å²) in [6.07, 6.45) is 1.35. The van der Waals surface area contributed by atoms with Gasteiger partial charge in [0.05, 0.1) is 34.8 Å². The third kappa shape index (κ3) is 4.79. The van der Waals surface area contributed by atoms with E-state index >= 15 is 0 Å². The molecule has 0 bridgehead atoms. The Morgan fingerprint density at radius 1 is 1.20 bits per heavy atom. The van der Waals surface area contributed by atoms with Crippen LogP contribution in [0.5, 0.6) is 0 Å². The first-order valence-electron chi connectivity index (χ1n) is 8.78. The van der Waals surface area contributed by atoms with Crippen LogP contribution in [0.15, 0.2) is 52.5 Å². The Labute approximate surface area is 171 Å². The van der Waals surface area contributed by atoms with Crippen LogP contribution in [0.4, 0.5) is 11.4 Å². The molecule has 158 valence electrons. The van der Waals surface area contributed by atoms with E-state index in [0.717, 1.165) is 6.07 Å². The number of nitro groups is 1. The summed E-state index contributed by atoms with van der Waals surface area (Å²) < 4.78 is 31.8. The summed E-state index contributed by atoms with van der Waals surface area (Å²) in [5.41, 5.74) is 2.78. The summed E-state index contributed by atoms with van der Waals surface area (Å²) >= 11 is 0. The molecule has 0 atom stereocenters. The molecule has 2 N–H and O–H groups in total. The molecular formula is C18H18N4O7S. The maximum absolute atomic E-state index is 12.7. The summed E-state index contributed by atoms with van der Waals surface area (Å²) in [5, 5.41) is 24.2. The van der Waals surface area contributed by atoms with E-state index in [1.165, 1.54) is 46.9 Å². The molecule has 1 fully saturated rings. The zero-order valence-electron chi connectivity index (χ0n) is 15.6. The number of benzene rings is 2. The number of aromatic carboxylic acids is 1.